The summed E-state index contributed by atoms with van der Waals surface area (Å²) in [6, 6.07) is 0. The van der Waals surface area contributed by atoms with Gasteiger partial charge in [0.25, 0.3) is 0 Å². The summed E-state index contributed by atoms with van der Waals surface area (Å²) in [6.45, 7) is 18.1. The number of rotatable bonds is 3. The van der Waals surface area contributed by atoms with Crippen LogP contribution in [0.2, 0.25) is 0 Å². The third-order valence-corrected chi connectivity index (χ3v) is 4.83. The van der Waals surface area contributed by atoms with Crippen molar-refractivity contribution in [3.05, 3.63) is 0 Å². The Morgan fingerprint density at radius 1 is 1.00 bits per heavy atom. The van der Waals surface area contributed by atoms with Crippen molar-refractivity contribution in [1.82, 2.24) is 0 Å². The maximum Gasteiger partial charge on any atom is 0.324 e. The number of hydrogen-bond donors (Lipinski definition) is 0. The zero-order chi connectivity index (χ0) is 15.7. The Morgan fingerprint density at radius 3 is 1.63 bits per heavy atom. The van der Waals surface area contributed by atoms with Crippen LogP contribution in [0.1, 0.15) is 68.7 Å². The van der Waals surface area contributed by atoms with Gasteiger partial charge in [-0.25, -0.2) is 0 Å². The lowest BCUT2D eigenvalue weighted by atomic mass is 9.71. The van der Waals surface area contributed by atoms with Crippen LogP contribution in [0.5, 0.6) is 0 Å². The van der Waals surface area contributed by atoms with Gasteiger partial charge >= 0.3 is 5.97 Å². The summed E-state index contributed by atoms with van der Waals surface area (Å²) in [6.07, 6.45) is 0.673. The Labute approximate surface area is 127 Å². The Kier molecular flexibility index (Phi) is 5.88. The molecule has 0 heterocycles. The molecule has 114 valence electrons. The number of halogens is 1. The van der Waals surface area contributed by atoms with E-state index < -0.39 is 10.3 Å². The highest BCUT2D eigenvalue weighted by Gasteiger charge is 2.53. The molecule has 0 radical (unpaired) electrons. The minimum absolute atomic E-state index is 0.00786. The summed E-state index contributed by atoms with van der Waals surface area (Å²) in [5.41, 5.74) is -0.792. The molecule has 0 rings (SSSR count). The van der Waals surface area contributed by atoms with Crippen LogP contribution in [-0.2, 0) is 9.53 Å². The third kappa shape index (κ3) is 5.55. The van der Waals surface area contributed by atoms with E-state index in [9.17, 15) is 4.79 Å². The average molecular weight is 309 g/mol. The minimum Gasteiger partial charge on any atom is -0.459 e. The molecule has 0 saturated heterocycles. The molecule has 0 aromatic heterocycles. The largest absolute Gasteiger partial charge is 0.459 e. The van der Waals surface area contributed by atoms with Crippen molar-refractivity contribution in [2.45, 2.75) is 79.1 Å². The fraction of sp³-hybridized carbons (Fsp3) is 0.933. The molecule has 0 aliphatic rings. The first-order chi connectivity index (χ1) is 8.15. The van der Waals surface area contributed by atoms with Gasteiger partial charge in [-0.3, -0.25) is 4.79 Å². The predicted octanol–water partition coefficient (Wildman–Crippen LogP) is 5.44. The van der Waals surface area contributed by atoms with Crippen LogP contribution in [0, 0.1) is 10.8 Å². The lowest BCUT2D eigenvalue weighted by Gasteiger charge is -2.44. The van der Waals surface area contributed by atoms with E-state index in [1.54, 1.807) is 0 Å². The molecule has 2 nitrogen and oxygen atoms in total. The maximum absolute atomic E-state index is 12.7. The number of carbonyl (C=O) groups is 1. The van der Waals surface area contributed by atoms with E-state index in [4.69, 9.17) is 15.4 Å². The topological polar surface area (TPSA) is 26.3 Å². The molecule has 0 saturated carbocycles. The highest BCUT2D eigenvalue weighted by atomic mass is 35.7. The summed E-state index contributed by atoms with van der Waals surface area (Å²) in [5.74, 6) is -0.220. The predicted molar refractivity (Wildman–Crippen MR) is 85.5 cm³/mol. The monoisotopic (exact) mass is 308 g/mol. The van der Waals surface area contributed by atoms with Gasteiger partial charge in [0.2, 0.25) is 0 Å². The summed E-state index contributed by atoms with van der Waals surface area (Å²) >= 11 is 0. The van der Waals surface area contributed by atoms with Crippen LogP contribution in [0.15, 0.2) is 0 Å². The van der Waals surface area contributed by atoms with Gasteiger partial charge in [0.15, 0.2) is 0 Å². The molecule has 0 aliphatic carbocycles. The molecule has 0 bridgehead atoms. The Balaban J connectivity index is 5.56. The first-order valence-electron chi connectivity index (χ1n) is 6.68. The van der Waals surface area contributed by atoms with E-state index in [2.05, 4.69) is 20.8 Å². The quantitative estimate of drug-likeness (QED) is 0.650. The van der Waals surface area contributed by atoms with Crippen LogP contribution in [0.3, 0.4) is 0 Å². The van der Waals surface area contributed by atoms with Crippen LogP contribution in [0.4, 0.5) is 0 Å². The average Bonchev–Trinajstić information content (AvgIpc) is 2.07. The van der Waals surface area contributed by atoms with E-state index in [0.717, 1.165) is 11.0 Å². The fourth-order valence-electron chi connectivity index (χ4n) is 1.93. The lowest BCUT2D eigenvalue weighted by molar-refractivity contribution is -0.162. The van der Waals surface area contributed by atoms with Crippen molar-refractivity contribution in [1.29, 1.82) is 0 Å². The first-order valence-corrected chi connectivity index (χ1v) is 8.32. The van der Waals surface area contributed by atoms with Gasteiger partial charge < -0.3 is 4.74 Å². The number of ether oxygens (including phenoxy) is 1. The highest BCUT2D eigenvalue weighted by Crippen LogP contribution is 2.51. The zero-order valence-electron chi connectivity index (χ0n) is 13.8. The molecule has 1 atom stereocenters. The second-order valence-electron chi connectivity index (χ2n) is 8.39. The first kappa shape index (κ1) is 19.1. The molecule has 0 spiro atoms. The molecule has 19 heavy (non-hydrogen) atoms. The van der Waals surface area contributed by atoms with E-state index in [0.29, 0.717) is 6.42 Å². The van der Waals surface area contributed by atoms with Gasteiger partial charge in [0.1, 0.15) is 10.3 Å². The molecule has 0 amide bonds. The summed E-state index contributed by atoms with van der Waals surface area (Å²) < 4.78 is 4.87. The van der Waals surface area contributed by atoms with Gasteiger partial charge in [-0.05, 0) is 59.7 Å². The Bertz CT molecular complexity index is 321. The number of esters is 1. The third-order valence-electron chi connectivity index (χ3n) is 2.85. The second kappa shape index (κ2) is 5.85. The molecule has 0 aliphatic heterocycles. The molecule has 0 aromatic rings. The van der Waals surface area contributed by atoms with Crippen molar-refractivity contribution >= 4 is 27.6 Å². The van der Waals surface area contributed by atoms with Crippen molar-refractivity contribution in [2.24, 2.45) is 10.8 Å². The molecule has 0 fully saturated rings. The molecule has 1 unspecified atom stereocenters. The summed E-state index contributed by atoms with van der Waals surface area (Å²) in [4.78, 5) is 12.7. The lowest BCUT2D eigenvalue weighted by Crippen LogP contribution is -2.51. The zero-order valence-corrected chi connectivity index (χ0v) is 15.4. The standard InChI is InChI=1S/C15H29ClO2S/c1-12(2,3)10-15(19-16,13(4,5)6)11(17)18-14(7,8)9/h10H2,1-9H3. The van der Waals surface area contributed by atoms with Crippen LogP contribution < -0.4 is 0 Å². The van der Waals surface area contributed by atoms with Crippen LogP contribution >= 0.6 is 21.7 Å². The molecule has 0 N–H and O–H groups in total. The van der Waals surface area contributed by atoms with E-state index in [-0.39, 0.29) is 16.8 Å². The molecule has 4 heteroatoms. The summed E-state index contributed by atoms with van der Waals surface area (Å²) in [5, 5.41) is 0. The summed E-state index contributed by atoms with van der Waals surface area (Å²) in [7, 11) is 7.25. The Morgan fingerprint density at radius 2 is 1.42 bits per heavy atom. The van der Waals surface area contributed by atoms with Gasteiger partial charge in [-0.2, -0.15) is 0 Å². The number of carbonyl (C=O) groups excluding carboxylic acids is 1. The SMILES string of the molecule is CC(C)(C)CC(SCl)(C(=O)OC(C)(C)C)C(C)(C)C. The van der Waals surface area contributed by atoms with E-state index >= 15 is 0 Å². The fourth-order valence-corrected chi connectivity index (χ4v) is 3.80. The normalized spacial score (nSPS) is 16.9. The van der Waals surface area contributed by atoms with Gasteiger partial charge in [0.05, 0.1) is 0 Å². The molecular weight excluding hydrogens is 280 g/mol. The van der Waals surface area contributed by atoms with Gasteiger partial charge in [0, 0.05) is 0 Å². The van der Waals surface area contributed by atoms with Crippen LogP contribution in [-0.4, -0.2) is 16.3 Å². The van der Waals surface area contributed by atoms with Crippen molar-refractivity contribution in [2.75, 3.05) is 0 Å². The highest BCUT2D eigenvalue weighted by molar-refractivity contribution is 8.22. The number of hydrogen-bond acceptors (Lipinski definition) is 3. The van der Waals surface area contributed by atoms with Crippen molar-refractivity contribution in [3.63, 3.8) is 0 Å². The van der Waals surface area contributed by atoms with Crippen LogP contribution in [0.25, 0.3) is 0 Å². The Hall–Kier alpha value is 0.110. The molecular formula is C15H29ClO2S. The van der Waals surface area contributed by atoms with E-state index in [1.807, 2.05) is 41.5 Å². The smallest absolute Gasteiger partial charge is 0.324 e. The van der Waals surface area contributed by atoms with Gasteiger partial charge in [-0.1, -0.05) is 41.5 Å². The molecule has 0 aromatic carbocycles. The van der Waals surface area contributed by atoms with Crippen molar-refractivity contribution in [3.8, 4) is 0 Å². The van der Waals surface area contributed by atoms with Gasteiger partial charge in [-0.15, -0.1) is 0 Å². The second-order valence-corrected chi connectivity index (χ2v) is 9.71. The maximum atomic E-state index is 12.7. The van der Waals surface area contributed by atoms with Crippen molar-refractivity contribution < 1.29 is 9.53 Å². The minimum atomic E-state index is -0.750. The van der Waals surface area contributed by atoms with E-state index in [1.165, 1.54) is 0 Å².